The topological polar surface area (TPSA) is 50.8 Å². The van der Waals surface area contributed by atoms with Crippen molar-refractivity contribution in [1.82, 2.24) is 4.90 Å². The second-order valence-corrected chi connectivity index (χ2v) is 1.84. The summed E-state index contributed by atoms with van der Waals surface area (Å²) >= 11 is 0. The van der Waals surface area contributed by atoms with Gasteiger partial charge in [0.15, 0.2) is 12.1 Å². The van der Waals surface area contributed by atoms with Crippen molar-refractivity contribution in [3.8, 4) is 12.1 Å². The van der Waals surface area contributed by atoms with E-state index in [2.05, 4.69) is 25.7 Å². The van der Waals surface area contributed by atoms with Crippen molar-refractivity contribution in [2.45, 2.75) is 20.8 Å². The van der Waals surface area contributed by atoms with Gasteiger partial charge in [-0.2, -0.15) is 10.5 Å². The first-order chi connectivity index (χ1) is 5.26. The molecule has 0 radical (unpaired) electrons. The normalized spacial score (nSPS) is 7.45. The highest BCUT2D eigenvalue weighted by Crippen LogP contribution is 1.81. The van der Waals surface area contributed by atoms with Gasteiger partial charge in [-0.05, 0) is 19.6 Å². The van der Waals surface area contributed by atoms with Gasteiger partial charge in [0.05, 0.1) is 0 Å². The molecule has 0 unspecified atom stereocenters. The molecule has 0 saturated heterocycles. The van der Waals surface area contributed by atoms with Crippen molar-refractivity contribution in [3.63, 3.8) is 0 Å². The molecular weight excluding hydrogens is 138 g/mol. The molecule has 0 aliphatic heterocycles. The molecule has 0 aromatic heterocycles. The SMILES string of the molecule is CCN(CC)CC.N#CC#N. The molecule has 0 spiro atoms. The second kappa shape index (κ2) is 11.7. The van der Waals surface area contributed by atoms with E-state index in [0.29, 0.717) is 0 Å². The van der Waals surface area contributed by atoms with Crippen LogP contribution in [0.1, 0.15) is 20.8 Å². The van der Waals surface area contributed by atoms with E-state index in [-0.39, 0.29) is 0 Å². The van der Waals surface area contributed by atoms with Crippen molar-refractivity contribution < 1.29 is 0 Å². The molecule has 0 rings (SSSR count). The zero-order valence-electron chi connectivity index (χ0n) is 7.46. The Hall–Kier alpha value is -1.06. The third kappa shape index (κ3) is 12.2. The Morgan fingerprint density at radius 2 is 1.18 bits per heavy atom. The number of nitriles is 2. The van der Waals surface area contributed by atoms with E-state index in [0.717, 1.165) is 0 Å². The van der Waals surface area contributed by atoms with Crippen LogP contribution in [-0.2, 0) is 0 Å². The third-order valence-corrected chi connectivity index (χ3v) is 1.39. The van der Waals surface area contributed by atoms with E-state index in [1.165, 1.54) is 31.8 Å². The largest absolute Gasteiger partial charge is 0.304 e. The molecule has 0 saturated carbocycles. The summed E-state index contributed by atoms with van der Waals surface area (Å²) in [6, 6.07) is 2.47. The summed E-state index contributed by atoms with van der Waals surface area (Å²) in [5, 5.41) is 14.5. The maximum absolute atomic E-state index is 7.26. The average molecular weight is 153 g/mol. The average Bonchev–Trinajstić information content (AvgIpc) is 2.08. The van der Waals surface area contributed by atoms with Gasteiger partial charge >= 0.3 is 0 Å². The minimum Gasteiger partial charge on any atom is -0.304 e. The fraction of sp³-hybridized carbons (Fsp3) is 0.750. The summed E-state index contributed by atoms with van der Waals surface area (Å²) in [7, 11) is 0. The Kier molecular flexibility index (Phi) is 13.4. The van der Waals surface area contributed by atoms with E-state index in [1.54, 1.807) is 0 Å². The Bertz CT molecular complexity index is 119. The van der Waals surface area contributed by atoms with Crippen LogP contribution >= 0.6 is 0 Å². The van der Waals surface area contributed by atoms with Crippen LogP contribution in [-0.4, -0.2) is 24.5 Å². The van der Waals surface area contributed by atoms with Crippen LogP contribution in [0.25, 0.3) is 0 Å². The first-order valence-electron chi connectivity index (χ1n) is 3.77. The van der Waals surface area contributed by atoms with E-state index in [9.17, 15) is 0 Å². The first-order valence-corrected chi connectivity index (χ1v) is 3.77. The second-order valence-electron chi connectivity index (χ2n) is 1.84. The van der Waals surface area contributed by atoms with E-state index in [1.807, 2.05) is 0 Å². The molecular formula is C8H15N3. The highest BCUT2D eigenvalue weighted by molar-refractivity contribution is 4.99. The fourth-order valence-electron chi connectivity index (χ4n) is 0.671. The van der Waals surface area contributed by atoms with Crippen molar-refractivity contribution in [2.75, 3.05) is 19.6 Å². The van der Waals surface area contributed by atoms with E-state index >= 15 is 0 Å². The lowest BCUT2D eigenvalue weighted by Crippen LogP contribution is -2.21. The van der Waals surface area contributed by atoms with Gasteiger partial charge in [0.2, 0.25) is 0 Å². The van der Waals surface area contributed by atoms with Crippen molar-refractivity contribution in [2.24, 2.45) is 0 Å². The molecule has 0 atom stereocenters. The molecule has 0 aromatic rings. The minimum atomic E-state index is 1.19. The van der Waals surface area contributed by atoms with Crippen LogP contribution in [0.15, 0.2) is 0 Å². The third-order valence-electron chi connectivity index (χ3n) is 1.39. The Morgan fingerprint density at radius 1 is 0.909 bits per heavy atom. The van der Waals surface area contributed by atoms with Crippen LogP contribution < -0.4 is 0 Å². The Balaban J connectivity index is 0. The van der Waals surface area contributed by atoms with E-state index < -0.39 is 0 Å². The summed E-state index contributed by atoms with van der Waals surface area (Å²) in [4.78, 5) is 2.38. The quantitative estimate of drug-likeness (QED) is 0.615. The van der Waals surface area contributed by atoms with Crippen LogP contribution in [0.4, 0.5) is 0 Å². The molecule has 3 heteroatoms. The minimum absolute atomic E-state index is 1.19. The van der Waals surface area contributed by atoms with Crippen LogP contribution in [0.3, 0.4) is 0 Å². The molecule has 0 fully saturated rings. The first kappa shape index (κ1) is 12.6. The van der Waals surface area contributed by atoms with E-state index in [4.69, 9.17) is 10.5 Å². The molecule has 0 aromatic carbocycles. The lowest BCUT2D eigenvalue weighted by atomic mass is 10.5. The van der Waals surface area contributed by atoms with Gasteiger partial charge in [-0.3, -0.25) is 0 Å². The van der Waals surface area contributed by atoms with Gasteiger partial charge in [-0.25, -0.2) is 0 Å². The highest BCUT2D eigenvalue weighted by atomic mass is 15.1. The zero-order chi connectivity index (χ0) is 9.11. The molecule has 0 N–H and O–H groups in total. The summed E-state index contributed by atoms with van der Waals surface area (Å²) in [6.07, 6.45) is 0. The lowest BCUT2D eigenvalue weighted by molar-refractivity contribution is 0.321. The Morgan fingerprint density at radius 3 is 1.18 bits per heavy atom. The number of rotatable bonds is 3. The predicted octanol–water partition coefficient (Wildman–Crippen LogP) is 1.38. The molecule has 0 aliphatic carbocycles. The van der Waals surface area contributed by atoms with Crippen molar-refractivity contribution in [1.29, 1.82) is 10.5 Å². The molecule has 0 bridgehead atoms. The number of nitrogens with zero attached hydrogens (tertiary/aromatic N) is 3. The number of hydrogen-bond acceptors (Lipinski definition) is 3. The van der Waals surface area contributed by atoms with Gasteiger partial charge in [0.25, 0.3) is 0 Å². The molecule has 0 aliphatic rings. The summed E-state index contributed by atoms with van der Waals surface area (Å²) in [6.45, 7) is 10.1. The fourth-order valence-corrected chi connectivity index (χ4v) is 0.671. The molecule has 0 heterocycles. The molecule has 3 nitrogen and oxygen atoms in total. The van der Waals surface area contributed by atoms with Crippen molar-refractivity contribution >= 4 is 0 Å². The molecule has 62 valence electrons. The van der Waals surface area contributed by atoms with Gasteiger partial charge in [-0.1, -0.05) is 20.8 Å². The summed E-state index contributed by atoms with van der Waals surface area (Å²) in [5.41, 5.74) is 0. The highest BCUT2D eigenvalue weighted by Gasteiger charge is 1.89. The maximum Gasteiger partial charge on any atom is 0.181 e. The summed E-state index contributed by atoms with van der Waals surface area (Å²) < 4.78 is 0. The van der Waals surface area contributed by atoms with Crippen LogP contribution in [0.5, 0.6) is 0 Å². The predicted molar refractivity (Wildman–Crippen MR) is 44.7 cm³/mol. The Labute approximate surface area is 68.8 Å². The standard InChI is InChI=1S/C6H15N.C2N2/c1-4-7(5-2)6-3;3-1-2-4/h4-6H2,1-3H3;. The zero-order valence-corrected chi connectivity index (χ0v) is 7.46. The van der Waals surface area contributed by atoms with Crippen LogP contribution in [0.2, 0.25) is 0 Å². The summed E-state index contributed by atoms with van der Waals surface area (Å²) in [5.74, 6) is 0. The van der Waals surface area contributed by atoms with Gasteiger partial charge in [-0.15, -0.1) is 0 Å². The molecule has 0 amide bonds. The smallest absolute Gasteiger partial charge is 0.181 e. The van der Waals surface area contributed by atoms with Gasteiger partial charge in [0, 0.05) is 0 Å². The van der Waals surface area contributed by atoms with Gasteiger partial charge < -0.3 is 4.90 Å². The molecule has 11 heavy (non-hydrogen) atoms. The van der Waals surface area contributed by atoms with Crippen LogP contribution in [0, 0.1) is 22.7 Å². The maximum atomic E-state index is 7.26. The lowest BCUT2D eigenvalue weighted by Gasteiger charge is -2.13. The number of hydrogen-bond donors (Lipinski definition) is 0. The van der Waals surface area contributed by atoms with Crippen molar-refractivity contribution in [3.05, 3.63) is 0 Å². The monoisotopic (exact) mass is 153 g/mol. The van der Waals surface area contributed by atoms with Gasteiger partial charge in [0.1, 0.15) is 0 Å².